The molecule has 90 valence electrons. The van der Waals surface area contributed by atoms with Gasteiger partial charge < -0.3 is 10.2 Å². The molecule has 0 aliphatic rings. The molecule has 0 heterocycles. The molecule has 0 aliphatic carbocycles. The summed E-state index contributed by atoms with van der Waals surface area (Å²) in [6.45, 7) is 8.94. The molecule has 0 unspecified atom stereocenters. The molecule has 1 N–H and O–H groups in total. The van der Waals surface area contributed by atoms with Crippen LogP contribution in [0, 0.1) is 0 Å². The average molecular weight is 285 g/mol. The monoisotopic (exact) mass is 284 g/mol. The Labute approximate surface area is 107 Å². The first kappa shape index (κ1) is 13.5. The topological polar surface area (TPSA) is 15.3 Å². The van der Waals surface area contributed by atoms with Crippen LogP contribution in [0.3, 0.4) is 0 Å². The highest BCUT2D eigenvalue weighted by molar-refractivity contribution is 9.10. The van der Waals surface area contributed by atoms with Crippen molar-refractivity contribution in [1.29, 1.82) is 0 Å². The number of hydrogen-bond donors (Lipinski definition) is 1. The molecule has 2 nitrogen and oxygen atoms in total. The van der Waals surface area contributed by atoms with Crippen molar-refractivity contribution in [2.75, 3.05) is 31.5 Å². The molecule has 16 heavy (non-hydrogen) atoms. The van der Waals surface area contributed by atoms with Crippen LogP contribution < -0.4 is 5.32 Å². The summed E-state index contributed by atoms with van der Waals surface area (Å²) in [6, 6.07) is 8.32. The van der Waals surface area contributed by atoms with Crippen molar-refractivity contribution in [3.8, 4) is 0 Å². The van der Waals surface area contributed by atoms with E-state index in [1.54, 1.807) is 0 Å². The quantitative estimate of drug-likeness (QED) is 0.770. The van der Waals surface area contributed by atoms with Gasteiger partial charge in [-0.25, -0.2) is 0 Å². The number of benzene rings is 1. The Bertz CT molecular complexity index is 280. The summed E-state index contributed by atoms with van der Waals surface area (Å²) in [5, 5.41) is 3.43. The van der Waals surface area contributed by atoms with E-state index in [4.69, 9.17) is 0 Å². The number of anilines is 1. The second-order valence-corrected chi connectivity index (χ2v) is 4.73. The van der Waals surface area contributed by atoms with Gasteiger partial charge in [0.05, 0.1) is 0 Å². The van der Waals surface area contributed by atoms with Crippen molar-refractivity contribution in [1.82, 2.24) is 4.90 Å². The molecule has 0 aromatic heterocycles. The summed E-state index contributed by atoms with van der Waals surface area (Å²) < 4.78 is 1.13. The SMILES string of the molecule is CCN(CC)CCCNc1ccc(Br)cc1. The van der Waals surface area contributed by atoms with Crippen molar-refractivity contribution in [3.05, 3.63) is 28.7 Å². The lowest BCUT2D eigenvalue weighted by Crippen LogP contribution is -2.25. The maximum absolute atomic E-state index is 3.43. The molecule has 0 radical (unpaired) electrons. The van der Waals surface area contributed by atoms with E-state index >= 15 is 0 Å². The van der Waals surface area contributed by atoms with Crippen molar-refractivity contribution in [3.63, 3.8) is 0 Å². The number of rotatable bonds is 7. The summed E-state index contributed by atoms with van der Waals surface area (Å²) in [5.41, 5.74) is 1.20. The first-order valence-electron chi connectivity index (χ1n) is 5.98. The Balaban J connectivity index is 2.18. The third kappa shape index (κ3) is 4.99. The largest absolute Gasteiger partial charge is 0.385 e. The third-order valence-corrected chi connectivity index (χ3v) is 3.25. The predicted molar refractivity (Wildman–Crippen MR) is 75.0 cm³/mol. The van der Waals surface area contributed by atoms with Crippen molar-refractivity contribution in [2.45, 2.75) is 20.3 Å². The van der Waals surface area contributed by atoms with Crippen LogP contribution >= 0.6 is 15.9 Å². The molecular weight excluding hydrogens is 264 g/mol. The van der Waals surface area contributed by atoms with Gasteiger partial charge in [0.15, 0.2) is 0 Å². The molecule has 1 rings (SSSR count). The molecule has 0 aliphatic heterocycles. The lowest BCUT2D eigenvalue weighted by atomic mass is 10.3. The fraction of sp³-hybridized carbons (Fsp3) is 0.538. The smallest absolute Gasteiger partial charge is 0.0340 e. The van der Waals surface area contributed by atoms with Crippen molar-refractivity contribution >= 4 is 21.6 Å². The molecule has 3 heteroatoms. The van der Waals surface area contributed by atoms with Crippen LogP contribution in [-0.2, 0) is 0 Å². The van der Waals surface area contributed by atoms with E-state index in [-0.39, 0.29) is 0 Å². The molecule has 0 bridgehead atoms. The van der Waals surface area contributed by atoms with Gasteiger partial charge in [-0.3, -0.25) is 0 Å². The van der Waals surface area contributed by atoms with E-state index in [9.17, 15) is 0 Å². The zero-order valence-electron chi connectivity index (χ0n) is 10.2. The maximum atomic E-state index is 3.43. The van der Waals surface area contributed by atoms with Crippen LogP contribution in [0.2, 0.25) is 0 Å². The van der Waals surface area contributed by atoms with E-state index in [0.717, 1.165) is 24.1 Å². The highest BCUT2D eigenvalue weighted by Crippen LogP contribution is 2.13. The van der Waals surface area contributed by atoms with E-state index in [0.29, 0.717) is 0 Å². The highest BCUT2D eigenvalue weighted by Gasteiger charge is 1.97. The van der Waals surface area contributed by atoms with E-state index < -0.39 is 0 Å². The molecule has 0 spiro atoms. The molecule has 0 fully saturated rings. The minimum atomic E-state index is 1.04. The fourth-order valence-corrected chi connectivity index (χ4v) is 1.91. The van der Waals surface area contributed by atoms with Gasteiger partial charge in [0, 0.05) is 16.7 Å². The Hall–Kier alpha value is -0.540. The Morgan fingerprint density at radius 1 is 1.12 bits per heavy atom. The minimum Gasteiger partial charge on any atom is -0.385 e. The van der Waals surface area contributed by atoms with Crippen molar-refractivity contribution in [2.24, 2.45) is 0 Å². The van der Waals surface area contributed by atoms with Gasteiger partial charge in [-0.2, -0.15) is 0 Å². The molecule has 1 aromatic carbocycles. The zero-order chi connectivity index (χ0) is 11.8. The predicted octanol–water partition coefficient (Wildman–Crippen LogP) is 3.59. The summed E-state index contributed by atoms with van der Waals surface area (Å²) in [4.78, 5) is 2.45. The first-order chi connectivity index (χ1) is 7.76. The normalized spacial score (nSPS) is 10.8. The average Bonchev–Trinajstić information content (AvgIpc) is 2.32. The summed E-state index contributed by atoms with van der Waals surface area (Å²) in [5.74, 6) is 0. The first-order valence-corrected chi connectivity index (χ1v) is 6.77. The van der Waals surface area contributed by atoms with Crippen LogP contribution in [0.5, 0.6) is 0 Å². The highest BCUT2D eigenvalue weighted by atomic mass is 79.9. The number of nitrogens with one attached hydrogen (secondary N) is 1. The van der Waals surface area contributed by atoms with Gasteiger partial charge in [-0.15, -0.1) is 0 Å². The second kappa shape index (κ2) is 7.69. The summed E-state index contributed by atoms with van der Waals surface area (Å²) in [6.07, 6.45) is 1.19. The number of hydrogen-bond acceptors (Lipinski definition) is 2. The molecule has 0 amide bonds. The minimum absolute atomic E-state index is 1.04. The standard InChI is InChI=1S/C13H21BrN2/c1-3-16(4-2)11-5-10-15-13-8-6-12(14)7-9-13/h6-9,15H,3-5,10-11H2,1-2H3. The molecule has 0 saturated heterocycles. The van der Waals surface area contributed by atoms with Crippen LogP contribution in [0.15, 0.2) is 28.7 Å². The zero-order valence-corrected chi connectivity index (χ0v) is 11.8. The van der Waals surface area contributed by atoms with Crippen LogP contribution in [-0.4, -0.2) is 31.1 Å². The number of halogens is 1. The Morgan fingerprint density at radius 3 is 2.31 bits per heavy atom. The number of nitrogens with zero attached hydrogens (tertiary/aromatic N) is 1. The van der Waals surface area contributed by atoms with Gasteiger partial charge in [-0.05, 0) is 50.3 Å². The lowest BCUT2D eigenvalue weighted by molar-refractivity contribution is 0.303. The van der Waals surface area contributed by atoms with Gasteiger partial charge in [-0.1, -0.05) is 29.8 Å². The van der Waals surface area contributed by atoms with Crippen LogP contribution in [0.25, 0.3) is 0 Å². The molecule has 0 saturated carbocycles. The van der Waals surface area contributed by atoms with Gasteiger partial charge >= 0.3 is 0 Å². The van der Waals surface area contributed by atoms with E-state index in [1.807, 2.05) is 0 Å². The van der Waals surface area contributed by atoms with Gasteiger partial charge in [0.1, 0.15) is 0 Å². The Kier molecular flexibility index (Phi) is 6.50. The van der Waals surface area contributed by atoms with Gasteiger partial charge in [0.25, 0.3) is 0 Å². The Morgan fingerprint density at radius 2 is 1.75 bits per heavy atom. The molecule has 1 aromatic rings. The second-order valence-electron chi connectivity index (χ2n) is 3.81. The summed E-state index contributed by atoms with van der Waals surface area (Å²) >= 11 is 3.43. The van der Waals surface area contributed by atoms with Gasteiger partial charge in [0.2, 0.25) is 0 Å². The maximum Gasteiger partial charge on any atom is 0.0340 e. The van der Waals surface area contributed by atoms with Crippen LogP contribution in [0.4, 0.5) is 5.69 Å². The molecular formula is C13H21BrN2. The lowest BCUT2D eigenvalue weighted by Gasteiger charge is -2.17. The molecule has 0 atom stereocenters. The third-order valence-electron chi connectivity index (χ3n) is 2.72. The fourth-order valence-electron chi connectivity index (χ4n) is 1.64. The van der Waals surface area contributed by atoms with Crippen LogP contribution in [0.1, 0.15) is 20.3 Å². The van der Waals surface area contributed by atoms with E-state index in [1.165, 1.54) is 18.7 Å². The summed E-state index contributed by atoms with van der Waals surface area (Å²) in [7, 11) is 0. The van der Waals surface area contributed by atoms with E-state index in [2.05, 4.69) is 64.3 Å². The van der Waals surface area contributed by atoms with Crippen molar-refractivity contribution < 1.29 is 0 Å².